The summed E-state index contributed by atoms with van der Waals surface area (Å²) in [5.74, 6) is 0.429. The number of hydrogen-bond acceptors (Lipinski definition) is 7. The molecule has 0 aromatic heterocycles. The standard InChI is InChI=1S/C34H48ClN3O5S/c1-6-27(36-5)18-33(4,40)28-12-9-25(28)19-38-20-34(15-7-8-23-16-26(35)11-13-29(23)34)21-43-31-14-10-24(17-30(31)38)32(39)37-44(41,42)22(2)3/h10-11,13-14,16-17,22,25,27-28,36,40H,6-9,12,15,18-21H2,1-5H3,(H,37,39)/t25-,27-,28+,33+,34-/m0/s1. The molecule has 2 aromatic rings. The van der Waals surface area contributed by atoms with Gasteiger partial charge in [-0.15, -0.1) is 0 Å². The molecule has 0 saturated heterocycles. The maximum atomic E-state index is 13.2. The number of nitrogens with zero attached hydrogens (tertiary/aromatic N) is 1. The normalized spacial score (nSPS) is 25.2. The molecule has 1 aliphatic heterocycles. The van der Waals surface area contributed by atoms with E-state index in [1.54, 1.807) is 32.0 Å². The summed E-state index contributed by atoms with van der Waals surface area (Å²) in [4.78, 5) is 15.5. The summed E-state index contributed by atoms with van der Waals surface area (Å²) in [6, 6.07) is 11.6. The number of aliphatic hydroxyl groups is 1. The van der Waals surface area contributed by atoms with Crippen LogP contribution >= 0.6 is 11.6 Å². The summed E-state index contributed by atoms with van der Waals surface area (Å²) < 4.78 is 33.8. The number of halogens is 1. The van der Waals surface area contributed by atoms with Gasteiger partial charge in [0.05, 0.1) is 23.1 Å². The van der Waals surface area contributed by atoms with Crippen LogP contribution in [0.5, 0.6) is 5.75 Å². The van der Waals surface area contributed by atoms with E-state index in [1.807, 2.05) is 20.0 Å². The maximum absolute atomic E-state index is 13.2. The van der Waals surface area contributed by atoms with Crippen LogP contribution in [-0.2, 0) is 21.9 Å². The van der Waals surface area contributed by atoms with Gasteiger partial charge in [0, 0.05) is 35.1 Å². The number of carbonyl (C=O) groups excluding carboxylic acids is 1. The first-order chi connectivity index (χ1) is 20.8. The number of amides is 1. The highest BCUT2D eigenvalue weighted by molar-refractivity contribution is 7.90. The van der Waals surface area contributed by atoms with E-state index in [1.165, 1.54) is 11.1 Å². The summed E-state index contributed by atoms with van der Waals surface area (Å²) in [5.41, 5.74) is 2.47. The minimum Gasteiger partial charge on any atom is -0.490 e. The van der Waals surface area contributed by atoms with Gasteiger partial charge in [-0.25, -0.2) is 13.1 Å². The predicted molar refractivity (Wildman–Crippen MR) is 176 cm³/mol. The second-order valence-electron chi connectivity index (χ2n) is 13.7. The second kappa shape index (κ2) is 12.8. The molecule has 0 unspecified atom stereocenters. The smallest absolute Gasteiger partial charge is 0.264 e. The first kappa shape index (κ1) is 33.0. The fourth-order valence-electron chi connectivity index (χ4n) is 7.55. The van der Waals surface area contributed by atoms with Gasteiger partial charge in [0.1, 0.15) is 5.75 Å². The lowest BCUT2D eigenvalue weighted by Crippen LogP contribution is -2.53. The van der Waals surface area contributed by atoms with E-state index in [-0.39, 0.29) is 28.9 Å². The number of hydrogen-bond donors (Lipinski definition) is 3. The van der Waals surface area contributed by atoms with Gasteiger partial charge in [0.25, 0.3) is 5.91 Å². The minimum absolute atomic E-state index is 0.147. The van der Waals surface area contributed by atoms with Gasteiger partial charge in [0.15, 0.2) is 0 Å². The van der Waals surface area contributed by atoms with E-state index in [9.17, 15) is 18.3 Å². The molecule has 0 radical (unpaired) electrons. The Morgan fingerprint density at radius 2 is 2.00 bits per heavy atom. The summed E-state index contributed by atoms with van der Waals surface area (Å²) in [6.07, 6.45) is 6.56. The number of nitrogens with one attached hydrogen (secondary N) is 2. The molecule has 5 rings (SSSR count). The molecule has 1 heterocycles. The number of carbonyl (C=O) groups is 1. The average Bonchev–Trinajstić information content (AvgIpc) is 3.10. The van der Waals surface area contributed by atoms with Crippen molar-refractivity contribution >= 4 is 33.2 Å². The molecule has 10 heteroatoms. The van der Waals surface area contributed by atoms with Crippen molar-refractivity contribution in [1.29, 1.82) is 0 Å². The van der Waals surface area contributed by atoms with Crippen LogP contribution in [0.25, 0.3) is 0 Å². The van der Waals surface area contributed by atoms with Crippen molar-refractivity contribution in [2.24, 2.45) is 11.8 Å². The van der Waals surface area contributed by atoms with Crippen molar-refractivity contribution < 1.29 is 23.1 Å². The molecule has 1 spiro atoms. The third-order valence-electron chi connectivity index (χ3n) is 10.4. The number of aryl methyl sites for hydroxylation is 1. The zero-order chi connectivity index (χ0) is 31.9. The van der Waals surface area contributed by atoms with Crippen LogP contribution in [0.15, 0.2) is 36.4 Å². The lowest BCUT2D eigenvalue weighted by Gasteiger charge is -2.49. The Morgan fingerprint density at radius 3 is 2.66 bits per heavy atom. The average molecular weight is 646 g/mol. The van der Waals surface area contributed by atoms with Gasteiger partial charge >= 0.3 is 0 Å². The van der Waals surface area contributed by atoms with E-state index in [4.69, 9.17) is 16.3 Å². The van der Waals surface area contributed by atoms with E-state index in [0.29, 0.717) is 31.9 Å². The van der Waals surface area contributed by atoms with Gasteiger partial charge in [0.2, 0.25) is 10.0 Å². The van der Waals surface area contributed by atoms with E-state index in [2.05, 4.69) is 34.0 Å². The second-order valence-corrected chi connectivity index (χ2v) is 16.4. The van der Waals surface area contributed by atoms with E-state index >= 15 is 0 Å². The molecule has 44 heavy (non-hydrogen) atoms. The Morgan fingerprint density at radius 1 is 1.23 bits per heavy atom. The summed E-state index contributed by atoms with van der Waals surface area (Å²) in [6.45, 7) is 9.07. The Kier molecular flexibility index (Phi) is 9.62. The van der Waals surface area contributed by atoms with Crippen LogP contribution in [0.3, 0.4) is 0 Å². The number of sulfonamides is 1. The van der Waals surface area contributed by atoms with Crippen LogP contribution in [-0.4, -0.2) is 63.1 Å². The molecule has 2 aromatic carbocycles. The first-order valence-corrected chi connectivity index (χ1v) is 18.0. The lowest BCUT2D eigenvalue weighted by molar-refractivity contribution is -0.0782. The Labute approximate surface area is 267 Å². The summed E-state index contributed by atoms with van der Waals surface area (Å²) in [5, 5.41) is 15.0. The fourth-order valence-corrected chi connectivity index (χ4v) is 8.36. The molecule has 3 aliphatic rings. The zero-order valence-corrected chi connectivity index (χ0v) is 28.2. The lowest BCUT2D eigenvalue weighted by atomic mass is 9.63. The minimum atomic E-state index is -3.79. The molecule has 1 fully saturated rings. The Bertz CT molecular complexity index is 1480. The topological polar surface area (TPSA) is 108 Å². The largest absolute Gasteiger partial charge is 0.490 e. The Hall–Kier alpha value is -2.33. The molecular weight excluding hydrogens is 598 g/mol. The molecule has 8 nitrogen and oxygen atoms in total. The highest BCUT2D eigenvalue weighted by atomic mass is 35.5. The van der Waals surface area contributed by atoms with Crippen molar-refractivity contribution in [1.82, 2.24) is 10.0 Å². The SMILES string of the molecule is CC[C@@H](C[C@@](C)(O)[C@@H]1CC[C@H]1CN1C[C@@]2(CCCc3cc(Cl)ccc32)COc2ccc(C(=O)NS(=O)(=O)C(C)C)cc21)NC. The number of anilines is 1. The predicted octanol–water partition coefficient (Wildman–Crippen LogP) is 5.45. The molecule has 2 aliphatic carbocycles. The molecule has 0 bridgehead atoms. The van der Waals surface area contributed by atoms with Crippen molar-refractivity contribution in [3.05, 3.63) is 58.1 Å². The van der Waals surface area contributed by atoms with Crippen LogP contribution < -0.4 is 19.7 Å². The molecule has 1 saturated carbocycles. The number of benzene rings is 2. The molecular formula is C34H48ClN3O5S. The monoisotopic (exact) mass is 645 g/mol. The van der Waals surface area contributed by atoms with Crippen molar-refractivity contribution in [3.8, 4) is 5.75 Å². The molecule has 3 N–H and O–H groups in total. The van der Waals surface area contributed by atoms with Gasteiger partial charge in [-0.05, 0) is 126 Å². The van der Waals surface area contributed by atoms with Gasteiger partial charge < -0.3 is 20.1 Å². The third-order valence-corrected chi connectivity index (χ3v) is 12.3. The summed E-state index contributed by atoms with van der Waals surface area (Å²) >= 11 is 6.41. The van der Waals surface area contributed by atoms with Gasteiger partial charge in [-0.2, -0.15) is 0 Å². The van der Waals surface area contributed by atoms with Gasteiger partial charge in [-0.1, -0.05) is 24.6 Å². The van der Waals surface area contributed by atoms with Crippen molar-refractivity contribution in [3.63, 3.8) is 0 Å². The Balaban J connectivity index is 1.50. The van der Waals surface area contributed by atoms with E-state index < -0.39 is 26.8 Å². The van der Waals surface area contributed by atoms with E-state index in [0.717, 1.165) is 49.2 Å². The molecule has 1 amide bonds. The molecule has 242 valence electrons. The van der Waals surface area contributed by atoms with Crippen LogP contribution in [0.1, 0.15) is 87.7 Å². The number of fused-ring (bicyclic) bond motifs is 3. The molecule has 5 atom stereocenters. The highest BCUT2D eigenvalue weighted by Gasteiger charge is 2.47. The number of ether oxygens (including phenoxy) is 1. The van der Waals surface area contributed by atoms with Gasteiger partial charge in [-0.3, -0.25) is 4.79 Å². The first-order valence-electron chi connectivity index (χ1n) is 16.0. The highest BCUT2D eigenvalue weighted by Crippen LogP contribution is 2.48. The summed E-state index contributed by atoms with van der Waals surface area (Å²) in [7, 11) is -1.84. The zero-order valence-electron chi connectivity index (χ0n) is 26.7. The number of rotatable bonds is 10. The van der Waals surface area contributed by atoms with Crippen molar-refractivity contribution in [2.45, 2.75) is 94.9 Å². The quantitative estimate of drug-likeness (QED) is 0.316. The van der Waals surface area contributed by atoms with Crippen molar-refractivity contribution in [2.75, 3.05) is 31.6 Å². The van der Waals surface area contributed by atoms with Crippen LogP contribution in [0.4, 0.5) is 5.69 Å². The maximum Gasteiger partial charge on any atom is 0.264 e. The van der Waals surface area contributed by atoms with Crippen LogP contribution in [0, 0.1) is 11.8 Å². The van der Waals surface area contributed by atoms with Crippen LogP contribution in [0.2, 0.25) is 5.02 Å². The fraction of sp³-hybridized carbons (Fsp3) is 0.618. The third kappa shape index (κ3) is 6.62.